The van der Waals surface area contributed by atoms with E-state index in [0.717, 1.165) is 4.88 Å². The second-order valence-corrected chi connectivity index (χ2v) is 4.47. The maximum Gasteiger partial charge on any atom is 0.194 e. The Labute approximate surface area is 78.9 Å². The molecule has 0 aliphatic carbocycles. The summed E-state index contributed by atoms with van der Waals surface area (Å²) in [7, 11) is 0. The normalized spacial score (nSPS) is 24.3. The second kappa shape index (κ2) is 3.60. The Morgan fingerprint density at radius 1 is 1.58 bits per heavy atom. The molecule has 1 aliphatic rings. The van der Waals surface area contributed by atoms with E-state index in [1.54, 1.807) is 11.3 Å². The van der Waals surface area contributed by atoms with Crippen molar-refractivity contribution in [3.8, 4) is 0 Å². The molecule has 1 aromatic rings. The molecule has 0 bridgehead atoms. The maximum absolute atomic E-state index is 11.1. The summed E-state index contributed by atoms with van der Waals surface area (Å²) < 4.78 is 5.45. The molecule has 1 fully saturated rings. The van der Waals surface area contributed by atoms with Gasteiger partial charge in [0.25, 0.3) is 0 Å². The molecule has 0 aromatic carbocycles. The molecule has 0 amide bonds. The van der Waals surface area contributed by atoms with Gasteiger partial charge in [0.2, 0.25) is 0 Å². The SMILES string of the molecule is O=C1CC(c2cccs2)OCS1. The van der Waals surface area contributed by atoms with Crippen LogP contribution < -0.4 is 0 Å². The third-order valence-corrected chi connectivity index (χ3v) is 3.41. The first-order chi connectivity index (χ1) is 5.86. The van der Waals surface area contributed by atoms with Crippen LogP contribution in [0, 0.1) is 0 Å². The summed E-state index contributed by atoms with van der Waals surface area (Å²) in [5.41, 5.74) is 0. The van der Waals surface area contributed by atoms with Crippen molar-refractivity contribution >= 4 is 28.2 Å². The Bertz CT molecular complexity index is 269. The van der Waals surface area contributed by atoms with Crippen molar-refractivity contribution in [2.45, 2.75) is 12.5 Å². The van der Waals surface area contributed by atoms with E-state index in [2.05, 4.69) is 0 Å². The number of hydrogen-bond acceptors (Lipinski definition) is 4. The Kier molecular flexibility index (Phi) is 2.48. The molecule has 0 saturated carbocycles. The molecule has 64 valence electrons. The smallest absolute Gasteiger partial charge is 0.194 e. The largest absolute Gasteiger partial charge is 0.361 e. The van der Waals surface area contributed by atoms with E-state index in [4.69, 9.17) is 4.74 Å². The lowest BCUT2D eigenvalue weighted by Gasteiger charge is -2.19. The molecule has 2 nitrogen and oxygen atoms in total. The van der Waals surface area contributed by atoms with E-state index < -0.39 is 0 Å². The van der Waals surface area contributed by atoms with Crippen molar-refractivity contribution in [3.63, 3.8) is 0 Å². The van der Waals surface area contributed by atoms with Crippen LogP contribution in [0.5, 0.6) is 0 Å². The van der Waals surface area contributed by atoms with Crippen LogP contribution in [0.2, 0.25) is 0 Å². The lowest BCUT2D eigenvalue weighted by atomic mass is 10.2. The zero-order valence-electron chi connectivity index (χ0n) is 6.36. The minimum absolute atomic E-state index is 0.0127. The predicted octanol–water partition coefficient (Wildman–Crippen LogP) is 2.43. The van der Waals surface area contributed by atoms with Crippen LogP contribution in [-0.4, -0.2) is 11.1 Å². The molecule has 0 radical (unpaired) electrons. The number of thiophene rings is 1. The average molecular weight is 200 g/mol. The Hall–Kier alpha value is -0.320. The van der Waals surface area contributed by atoms with Crippen LogP contribution in [-0.2, 0) is 9.53 Å². The molecule has 2 heterocycles. The van der Waals surface area contributed by atoms with Crippen molar-refractivity contribution < 1.29 is 9.53 Å². The fourth-order valence-corrected chi connectivity index (χ4v) is 2.52. The summed E-state index contributed by atoms with van der Waals surface area (Å²) in [6, 6.07) is 3.99. The summed E-state index contributed by atoms with van der Waals surface area (Å²) in [6.07, 6.45) is 0.532. The standard InChI is InChI=1S/C8H8O2S2/c9-8-4-6(10-5-12-8)7-2-1-3-11-7/h1-3,6H,4-5H2. The molecular weight excluding hydrogens is 192 g/mol. The first-order valence-corrected chi connectivity index (χ1v) is 5.53. The van der Waals surface area contributed by atoms with E-state index in [-0.39, 0.29) is 11.2 Å². The third-order valence-electron chi connectivity index (χ3n) is 1.70. The first kappa shape index (κ1) is 8.29. The summed E-state index contributed by atoms with van der Waals surface area (Å²) in [5.74, 6) is 0.501. The molecular formula is C8H8O2S2. The van der Waals surface area contributed by atoms with Gasteiger partial charge < -0.3 is 4.74 Å². The molecule has 2 rings (SSSR count). The van der Waals surface area contributed by atoms with Crippen LogP contribution in [0.1, 0.15) is 17.4 Å². The summed E-state index contributed by atoms with van der Waals surface area (Å²) in [4.78, 5) is 12.2. The molecule has 1 aliphatic heterocycles. The summed E-state index contributed by atoms with van der Waals surface area (Å²) >= 11 is 2.91. The summed E-state index contributed by atoms with van der Waals surface area (Å²) in [5, 5.41) is 2.24. The lowest BCUT2D eigenvalue weighted by Crippen LogP contribution is -2.13. The first-order valence-electron chi connectivity index (χ1n) is 3.67. The number of ether oxygens (including phenoxy) is 1. The topological polar surface area (TPSA) is 26.3 Å². The minimum atomic E-state index is 0.0127. The lowest BCUT2D eigenvalue weighted by molar-refractivity contribution is -0.114. The number of carbonyl (C=O) groups is 1. The van der Waals surface area contributed by atoms with E-state index in [1.165, 1.54) is 11.8 Å². The van der Waals surface area contributed by atoms with Crippen molar-refractivity contribution in [2.75, 3.05) is 5.94 Å². The van der Waals surface area contributed by atoms with Crippen LogP contribution >= 0.6 is 23.1 Å². The minimum Gasteiger partial charge on any atom is -0.361 e. The van der Waals surface area contributed by atoms with Crippen molar-refractivity contribution in [1.82, 2.24) is 0 Å². The van der Waals surface area contributed by atoms with E-state index in [1.807, 2.05) is 17.5 Å². The van der Waals surface area contributed by atoms with Crippen LogP contribution in [0.15, 0.2) is 17.5 Å². The van der Waals surface area contributed by atoms with Gasteiger partial charge in [0.1, 0.15) is 12.0 Å². The molecule has 1 saturated heterocycles. The van der Waals surface area contributed by atoms with Crippen LogP contribution in [0.25, 0.3) is 0 Å². The van der Waals surface area contributed by atoms with Gasteiger partial charge in [0.15, 0.2) is 5.12 Å². The van der Waals surface area contributed by atoms with Crippen LogP contribution in [0.3, 0.4) is 0 Å². The zero-order valence-corrected chi connectivity index (χ0v) is 7.99. The zero-order chi connectivity index (χ0) is 8.39. The highest BCUT2D eigenvalue weighted by molar-refractivity contribution is 8.13. The van der Waals surface area contributed by atoms with Gasteiger partial charge in [-0.05, 0) is 11.4 Å². The van der Waals surface area contributed by atoms with Gasteiger partial charge in [0, 0.05) is 11.3 Å². The van der Waals surface area contributed by atoms with Crippen LogP contribution in [0.4, 0.5) is 0 Å². The molecule has 0 N–H and O–H groups in total. The highest BCUT2D eigenvalue weighted by atomic mass is 32.2. The van der Waals surface area contributed by atoms with Crippen molar-refractivity contribution in [1.29, 1.82) is 0 Å². The van der Waals surface area contributed by atoms with Gasteiger partial charge in [-0.1, -0.05) is 17.8 Å². The number of thioether (sulfide) groups is 1. The van der Waals surface area contributed by atoms with E-state index in [9.17, 15) is 4.79 Å². The second-order valence-electron chi connectivity index (χ2n) is 2.51. The number of hydrogen-bond donors (Lipinski definition) is 0. The van der Waals surface area contributed by atoms with E-state index >= 15 is 0 Å². The van der Waals surface area contributed by atoms with Gasteiger partial charge in [-0.15, -0.1) is 11.3 Å². The average Bonchev–Trinajstić information content (AvgIpc) is 2.56. The molecule has 4 heteroatoms. The monoisotopic (exact) mass is 200 g/mol. The third kappa shape index (κ3) is 1.71. The number of rotatable bonds is 1. The quantitative estimate of drug-likeness (QED) is 0.696. The predicted molar refractivity (Wildman–Crippen MR) is 50.2 cm³/mol. The van der Waals surface area contributed by atoms with Crippen molar-refractivity contribution in [3.05, 3.63) is 22.4 Å². The Morgan fingerprint density at radius 2 is 2.50 bits per heavy atom. The Morgan fingerprint density at radius 3 is 3.17 bits per heavy atom. The molecule has 1 aromatic heterocycles. The van der Waals surface area contributed by atoms with Gasteiger partial charge in [0.05, 0.1) is 0 Å². The molecule has 12 heavy (non-hydrogen) atoms. The van der Waals surface area contributed by atoms with Gasteiger partial charge in [-0.25, -0.2) is 0 Å². The van der Waals surface area contributed by atoms with Gasteiger partial charge in [-0.3, -0.25) is 4.79 Å². The molecule has 1 unspecified atom stereocenters. The van der Waals surface area contributed by atoms with Gasteiger partial charge >= 0.3 is 0 Å². The Balaban J connectivity index is 2.09. The van der Waals surface area contributed by atoms with E-state index in [0.29, 0.717) is 12.4 Å². The molecule has 0 spiro atoms. The fourth-order valence-electron chi connectivity index (χ4n) is 1.11. The van der Waals surface area contributed by atoms with Gasteiger partial charge in [-0.2, -0.15) is 0 Å². The van der Waals surface area contributed by atoms with Crippen molar-refractivity contribution in [2.24, 2.45) is 0 Å². The number of carbonyl (C=O) groups excluding carboxylic acids is 1. The molecule has 1 atom stereocenters. The highest BCUT2D eigenvalue weighted by Crippen LogP contribution is 2.32. The highest BCUT2D eigenvalue weighted by Gasteiger charge is 2.22. The fraction of sp³-hybridized carbons (Fsp3) is 0.375. The summed E-state index contributed by atoms with van der Waals surface area (Å²) in [6.45, 7) is 0. The maximum atomic E-state index is 11.1.